The molecule has 1 aliphatic rings. The standard InChI is InChI=1S/C14H11NOS/c16-14-11-8-4-5-9-12(11)17-15-13(14)10-6-2-1-3-7-10/h1-9,15-16H. The smallest absolute Gasteiger partial charge is 0.148 e. The van der Waals surface area contributed by atoms with E-state index in [2.05, 4.69) is 4.72 Å². The molecule has 0 saturated carbocycles. The first-order chi connectivity index (χ1) is 8.36. The van der Waals surface area contributed by atoms with E-state index in [-0.39, 0.29) is 0 Å². The number of aliphatic hydroxyl groups is 1. The van der Waals surface area contributed by atoms with Gasteiger partial charge in [-0.2, -0.15) is 0 Å². The normalized spacial score (nSPS) is 14.1. The lowest BCUT2D eigenvalue weighted by atomic mass is 10.1. The fourth-order valence-corrected chi connectivity index (χ4v) is 2.69. The highest BCUT2D eigenvalue weighted by atomic mass is 32.2. The molecule has 2 aromatic rings. The highest BCUT2D eigenvalue weighted by molar-refractivity contribution is 7.97. The quantitative estimate of drug-likeness (QED) is 0.747. The van der Waals surface area contributed by atoms with Gasteiger partial charge in [0.25, 0.3) is 0 Å². The maximum Gasteiger partial charge on any atom is 0.148 e. The number of aliphatic hydroxyl groups excluding tert-OH is 1. The summed E-state index contributed by atoms with van der Waals surface area (Å²) in [5, 5.41) is 10.3. The number of hydrogen-bond donors (Lipinski definition) is 2. The number of nitrogens with one attached hydrogen (secondary N) is 1. The molecule has 84 valence electrons. The summed E-state index contributed by atoms with van der Waals surface area (Å²) in [4.78, 5) is 1.05. The Hall–Kier alpha value is -1.87. The first-order valence-corrected chi connectivity index (χ1v) is 6.19. The van der Waals surface area contributed by atoms with Crippen molar-refractivity contribution in [2.45, 2.75) is 4.90 Å². The molecule has 2 N–H and O–H groups in total. The molecule has 17 heavy (non-hydrogen) atoms. The van der Waals surface area contributed by atoms with Crippen molar-refractivity contribution >= 4 is 23.4 Å². The van der Waals surface area contributed by atoms with Gasteiger partial charge >= 0.3 is 0 Å². The van der Waals surface area contributed by atoms with Crippen molar-refractivity contribution in [1.82, 2.24) is 4.72 Å². The molecule has 0 radical (unpaired) electrons. The highest BCUT2D eigenvalue weighted by Gasteiger charge is 2.19. The monoisotopic (exact) mass is 241 g/mol. The second kappa shape index (κ2) is 4.18. The average molecular weight is 241 g/mol. The van der Waals surface area contributed by atoms with E-state index in [1.807, 2.05) is 54.6 Å². The zero-order chi connectivity index (χ0) is 11.7. The Bertz CT molecular complexity index is 578. The molecule has 3 heteroatoms. The van der Waals surface area contributed by atoms with Crippen LogP contribution in [0.15, 0.2) is 59.5 Å². The largest absolute Gasteiger partial charge is 0.505 e. The summed E-state index contributed by atoms with van der Waals surface area (Å²) in [7, 11) is 0. The van der Waals surface area contributed by atoms with E-state index in [0.717, 1.165) is 21.7 Å². The molecule has 0 bridgehead atoms. The minimum atomic E-state index is 0.311. The Balaban J connectivity index is 2.14. The van der Waals surface area contributed by atoms with E-state index in [4.69, 9.17) is 0 Å². The lowest BCUT2D eigenvalue weighted by Gasteiger charge is -2.20. The Morgan fingerprint density at radius 1 is 0.882 bits per heavy atom. The molecule has 0 spiro atoms. The molecule has 0 aliphatic carbocycles. The summed E-state index contributed by atoms with van der Waals surface area (Å²) in [6, 6.07) is 17.7. The Kier molecular flexibility index (Phi) is 2.53. The number of hydrogen-bond acceptors (Lipinski definition) is 3. The predicted octanol–water partition coefficient (Wildman–Crippen LogP) is 3.68. The minimum Gasteiger partial charge on any atom is -0.505 e. The number of fused-ring (bicyclic) bond motifs is 1. The van der Waals surface area contributed by atoms with Crippen molar-refractivity contribution in [3.8, 4) is 0 Å². The molecule has 2 aromatic carbocycles. The summed E-state index contributed by atoms with van der Waals surface area (Å²) in [5.74, 6) is 0.311. The van der Waals surface area contributed by atoms with E-state index >= 15 is 0 Å². The van der Waals surface area contributed by atoms with Crippen LogP contribution in [0.25, 0.3) is 11.5 Å². The Labute approximate surface area is 104 Å². The molecule has 1 aliphatic heterocycles. The van der Waals surface area contributed by atoms with Crippen LogP contribution in [-0.2, 0) is 0 Å². The van der Waals surface area contributed by atoms with Gasteiger partial charge in [0.05, 0.1) is 5.70 Å². The molecule has 0 saturated heterocycles. The van der Waals surface area contributed by atoms with Crippen LogP contribution in [0.2, 0.25) is 0 Å². The molecule has 0 fully saturated rings. The predicted molar refractivity (Wildman–Crippen MR) is 71.3 cm³/mol. The average Bonchev–Trinajstić information content (AvgIpc) is 2.40. The molecule has 0 atom stereocenters. The van der Waals surface area contributed by atoms with Gasteiger partial charge in [-0.05, 0) is 24.1 Å². The van der Waals surface area contributed by atoms with Crippen LogP contribution in [0.1, 0.15) is 11.1 Å². The van der Waals surface area contributed by atoms with Crippen molar-refractivity contribution < 1.29 is 5.11 Å². The maximum atomic E-state index is 10.3. The zero-order valence-electron chi connectivity index (χ0n) is 9.05. The summed E-state index contributed by atoms with van der Waals surface area (Å²) >= 11 is 1.53. The number of rotatable bonds is 1. The summed E-state index contributed by atoms with van der Waals surface area (Å²) in [6.07, 6.45) is 0. The molecule has 1 heterocycles. The SMILES string of the molecule is OC1=C(c2ccccc2)NSc2ccccc21. The van der Waals surface area contributed by atoms with Crippen LogP contribution in [0.3, 0.4) is 0 Å². The molecule has 3 rings (SSSR count). The van der Waals surface area contributed by atoms with Crippen LogP contribution < -0.4 is 4.72 Å². The van der Waals surface area contributed by atoms with E-state index in [0.29, 0.717) is 5.76 Å². The fraction of sp³-hybridized carbons (Fsp3) is 0. The van der Waals surface area contributed by atoms with Crippen LogP contribution in [0.5, 0.6) is 0 Å². The minimum absolute atomic E-state index is 0.311. The van der Waals surface area contributed by atoms with E-state index < -0.39 is 0 Å². The van der Waals surface area contributed by atoms with Gasteiger partial charge in [-0.25, -0.2) is 0 Å². The second-order valence-corrected chi connectivity index (χ2v) is 4.64. The van der Waals surface area contributed by atoms with Crippen LogP contribution in [-0.4, -0.2) is 5.11 Å². The van der Waals surface area contributed by atoms with Crippen LogP contribution in [0, 0.1) is 0 Å². The first kappa shape index (κ1) is 10.3. The van der Waals surface area contributed by atoms with Gasteiger partial charge in [0.1, 0.15) is 5.76 Å². The lowest BCUT2D eigenvalue weighted by molar-refractivity contribution is 0.509. The van der Waals surface area contributed by atoms with Crippen molar-refractivity contribution in [2.75, 3.05) is 0 Å². The zero-order valence-corrected chi connectivity index (χ0v) is 9.87. The van der Waals surface area contributed by atoms with Gasteiger partial charge in [-0.3, -0.25) is 0 Å². The third-order valence-electron chi connectivity index (χ3n) is 2.70. The molecule has 0 unspecified atom stereocenters. The highest BCUT2D eigenvalue weighted by Crippen LogP contribution is 2.35. The molecular formula is C14H11NOS. The van der Waals surface area contributed by atoms with Gasteiger partial charge in [-0.1, -0.05) is 42.5 Å². The number of benzene rings is 2. The van der Waals surface area contributed by atoms with Crippen molar-refractivity contribution in [1.29, 1.82) is 0 Å². The first-order valence-electron chi connectivity index (χ1n) is 5.37. The summed E-state index contributed by atoms with van der Waals surface area (Å²) < 4.78 is 3.19. The van der Waals surface area contributed by atoms with Crippen LogP contribution in [0.4, 0.5) is 0 Å². The topological polar surface area (TPSA) is 32.3 Å². The molecular weight excluding hydrogens is 230 g/mol. The van der Waals surface area contributed by atoms with Crippen LogP contribution >= 0.6 is 11.9 Å². The molecule has 2 nitrogen and oxygen atoms in total. The van der Waals surface area contributed by atoms with Gasteiger partial charge in [0, 0.05) is 16.0 Å². The van der Waals surface area contributed by atoms with Crippen molar-refractivity contribution in [3.63, 3.8) is 0 Å². The van der Waals surface area contributed by atoms with E-state index in [9.17, 15) is 5.11 Å². The lowest BCUT2D eigenvalue weighted by Crippen LogP contribution is -2.11. The Morgan fingerprint density at radius 2 is 1.59 bits per heavy atom. The van der Waals surface area contributed by atoms with Crippen molar-refractivity contribution in [2.24, 2.45) is 0 Å². The maximum absolute atomic E-state index is 10.3. The fourth-order valence-electron chi connectivity index (χ4n) is 1.84. The molecule has 0 amide bonds. The van der Waals surface area contributed by atoms with E-state index in [1.54, 1.807) is 0 Å². The molecule has 0 aromatic heterocycles. The van der Waals surface area contributed by atoms with Gasteiger partial charge in [0.2, 0.25) is 0 Å². The Morgan fingerprint density at radius 3 is 2.41 bits per heavy atom. The second-order valence-electron chi connectivity index (χ2n) is 3.79. The van der Waals surface area contributed by atoms with Crippen molar-refractivity contribution in [3.05, 3.63) is 65.7 Å². The van der Waals surface area contributed by atoms with Gasteiger partial charge in [-0.15, -0.1) is 0 Å². The summed E-state index contributed by atoms with van der Waals surface area (Å²) in [5.41, 5.74) is 2.65. The van der Waals surface area contributed by atoms with Gasteiger partial charge < -0.3 is 9.83 Å². The van der Waals surface area contributed by atoms with Gasteiger partial charge in [0.15, 0.2) is 0 Å². The third kappa shape index (κ3) is 1.78. The summed E-state index contributed by atoms with van der Waals surface area (Å²) in [6.45, 7) is 0. The third-order valence-corrected chi connectivity index (χ3v) is 3.59. The van der Waals surface area contributed by atoms with E-state index in [1.165, 1.54) is 11.9 Å².